The molecule has 6 aliphatic rings. The number of esters is 1. The Labute approximate surface area is 155 Å². The molecule has 3 saturated carbocycles. The van der Waals surface area contributed by atoms with Crippen molar-refractivity contribution >= 4 is 11.7 Å². The fourth-order valence-corrected chi connectivity index (χ4v) is 8.57. The third-order valence-corrected chi connectivity index (χ3v) is 9.12. The van der Waals surface area contributed by atoms with E-state index in [1.807, 2.05) is 0 Å². The van der Waals surface area contributed by atoms with Crippen molar-refractivity contribution in [2.45, 2.75) is 55.5 Å². The molecule has 2 saturated heterocycles. The quantitative estimate of drug-likeness (QED) is 0.728. The highest BCUT2D eigenvalue weighted by Gasteiger charge is 2.80. The van der Waals surface area contributed by atoms with Gasteiger partial charge < -0.3 is 9.64 Å². The molecule has 1 aromatic carbocycles. The molecule has 26 heavy (non-hydrogen) atoms. The first-order chi connectivity index (χ1) is 12.6. The molecular formula is C22H28N2O2. The van der Waals surface area contributed by atoms with E-state index in [1.54, 1.807) is 7.11 Å². The van der Waals surface area contributed by atoms with Gasteiger partial charge in [0.2, 0.25) is 0 Å². The van der Waals surface area contributed by atoms with Gasteiger partial charge in [-0.05, 0) is 68.7 Å². The number of para-hydroxylation sites is 1. The molecule has 0 amide bonds. The van der Waals surface area contributed by atoms with Crippen LogP contribution in [0, 0.1) is 11.3 Å². The molecule has 5 atom stereocenters. The Balaban J connectivity index is 1.68. The third-order valence-electron chi connectivity index (χ3n) is 9.12. The van der Waals surface area contributed by atoms with Gasteiger partial charge in [0, 0.05) is 24.2 Å². The van der Waals surface area contributed by atoms with Gasteiger partial charge in [0.15, 0.2) is 0 Å². The van der Waals surface area contributed by atoms with E-state index in [4.69, 9.17) is 4.74 Å². The van der Waals surface area contributed by atoms with Gasteiger partial charge in [0.1, 0.15) is 0 Å². The number of rotatable bonds is 1. The van der Waals surface area contributed by atoms with Gasteiger partial charge in [-0.25, -0.2) is 0 Å². The van der Waals surface area contributed by atoms with Gasteiger partial charge in [0.25, 0.3) is 0 Å². The number of methoxy groups -OCH3 is 1. The summed E-state index contributed by atoms with van der Waals surface area (Å²) in [7, 11) is 3.82. The van der Waals surface area contributed by atoms with Crippen LogP contribution in [0.15, 0.2) is 24.3 Å². The number of nitrogens with zero attached hydrogens (tertiary/aromatic N) is 2. The second kappa shape index (κ2) is 4.64. The summed E-state index contributed by atoms with van der Waals surface area (Å²) < 4.78 is 5.39. The van der Waals surface area contributed by atoms with Crippen LogP contribution in [0.1, 0.15) is 44.1 Å². The number of hydrogen-bond donors (Lipinski definition) is 0. The zero-order valence-corrected chi connectivity index (χ0v) is 15.8. The lowest BCUT2D eigenvalue weighted by Gasteiger charge is -2.70. The summed E-state index contributed by atoms with van der Waals surface area (Å²) in [4.78, 5) is 18.4. The molecule has 3 aliphatic carbocycles. The molecule has 0 radical (unpaired) electrons. The van der Waals surface area contributed by atoms with E-state index in [0.29, 0.717) is 11.5 Å². The van der Waals surface area contributed by atoms with Crippen molar-refractivity contribution in [1.82, 2.24) is 4.90 Å². The van der Waals surface area contributed by atoms with Crippen LogP contribution in [0.5, 0.6) is 0 Å². The van der Waals surface area contributed by atoms with Crippen molar-refractivity contribution in [2.75, 3.05) is 32.1 Å². The van der Waals surface area contributed by atoms with Gasteiger partial charge in [-0.3, -0.25) is 9.69 Å². The van der Waals surface area contributed by atoms with Crippen LogP contribution < -0.4 is 4.90 Å². The van der Waals surface area contributed by atoms with Crippen LogP contribution in [0.2, 0.25) is 0 Å². The maximum absolute atomic E-state index is 13.1. The molecule has 3 aliphatic heterocycles. The molecule has 138 valence electrons. The Hall–Kier alpha value is -1.55. The van der Waals surface area contributed by atoms with E-state index < -0.39 is 0 Å². The van der Waals surface area contributed by atoms with Gasteiger partial charge in [-0.2, -0.15) is 0 Å². The molecule has 3 heterocycles. The average Bonchev–Trinajstić information content (AvgIpc) is 3.19. The molecule has 0 aromatic heterocycles. The number of carbonyl (C=O) groups excluding carboxylic acids is 1. The minimum atomic E-state index is -0.109. The minimum Gasteiger partial charge on any atom is -0.469 e. The Morgan fingerprint density at radius 2 is 2.00 bits per heavy atom. The summed E-state index contributed by atoms with van der Waals surface area (Å²) in [5, 5.41) is 0. The molecule has 7 rings (SSSR count). The number of ether oxygens (including phenoxy) is 1. The van der Waals surface area contributed by atoms with Gasteiger partial charge in [-0.15, -0.1) is 0 Å². The van der Waals surface area contributed by atoms with E-state index in [1.165, 1.54) is 50.0 Å². The molecule has 4 heteroatoms. The Morgan fingerprint density at radius 1 is 1.15 bits per heavy atom. The third kappa shape index (κ3) is 1.35. The summed E-state index contributed by atoms with van der Waals surface area (Å²) in [5.41, 5.74) is 3.14. The maximum atomic E-state index is 13.1. The molecule has 5 fully saturated rings. The Morgan fingerprint density at radius 3 is 2.85 bits per heavy atom. The Kier molecular flexibility index (Phi) is 2.77. The van der Waals surface area contributed by atoms with Gasteiger partial charge in [0.05, 0.1) is 18.6 Å². The molecule has 1 aromatic rings. The van der Waals surface area contributed by atoms with Gasteiger partial charge >= 0.3 is 5.97 Å². The predicted molar refractivity (Wildman–Crippen MR) is 100 cm³/mol. The van der Waals surface area contributed by atoms with Crippen molar-refractivity contribution in [2.24, 2.45) is 11.3 Å². The van der Waals surface area contributed by atoms with E-state index >= 15 is 0 Å². The normalized spacial score (nSPS) is 45.2. The van der Waals surface area contributed by atoms with Crippen LogP contribution in [-0.2, 0) is 14.9 Å². The second-order valence-electron chi connectivity index (χ2n) is 9.41. The van der Waals surface area contributed by atoms with E-state index in [-0.39, 0.29) is 22.8 Å². The van der Waals surface area contributed by atoms with E-state index in [9.17, 15) is 4.79 Å². The van der Waals surface area contributed by atoms with Crippen molar-refractivity contribution < 1.29 is 9.53 Å². The van der Waals surface area contributed by atoms with Crippen LogP contribution >= 0.6 is 0 Å². The molecule has 5 unspecified atom stereocenters. The number of benzene rings is 1. The monoisotopic (exact) mass is 352 g/mol. The van der Waals surface area contributed by atoms with Crippen molar-refractivity contribution in [1.29, 1.82) is 0 Å². The smallest absolute Gasteiger partial charge is 0.311 e. The average molecular weight is 352 g/mol. The number of piperidine rings is 1. The number of anilines is 1. The lowest BCUT2D eigenvalue weighted by atomic mass is 9.38. The van der Waals surface area contributed by atoms with Crippen LogP contribution in [-0.4, -0.2) is 49.7 Å². The van der Waals surface area contributed by atoms with Crippen molar-refractivity contribution in [3.05, 3.63) is 29.8 Å². The van der Waals surface area contributed by atoms with Crippen LogP contribution in [0.3, 0.4) is 0 Å². The number of hydrogen-bond acceptors (Lipinski definition) is 4. The summed E-state index contributed by atoms with van der Waals surface area (Å²) in [6, 6.07) is 9.60. The fourth-order valence-electron chi connectivity index (χ4n) is 8.57. The molecule has 2 bridgehead atoms. The summed E-state index contributed by atoms with van der Waals surface area (Å²) in [6.07, 6.45) is 7.16. The topological polar surface area (TPSA) is 32.8 Å². The van der Waals surface area contributed by atoms with E-state index in [2.05, 4.69) is 41.1 Å². The van der Waals surface area contributed by atoms with Gasteiger partial charge in [-0.1, -0.05) is 18.2 Å². The lowest BCUT2D eigenvalue weighted by Crippen LogP contribution is -2.78. The highest BCUT2D eigenvalue weighted by molar-refractivity contribution is 5.81. The number of likely N-dealkylation sites (N-methyl/N-ethyl adjacent to an activating group) is 1. The first kappa shape index (κ1) is 15.5. The first-order valence-corrected chi connectivity index (χ1v) is 10.3. The summed E-state index contributed by atoms with van der Waals surface area (Å²) in [5.74, 6) is 0.0125. The highest BCUT2D eigenvalue weighted by Crippen LogP contribution is 2.75. The molecular weight excluding hydrogens is 324 g/mol. The first-order valence-electron chi connectivity index (χ1n) is 10.3. The Bertz CT molecular complexity index is 809. The van der Waals surface area contributed by atoms with Crippen LogP contribution in [0.25, 0.3) is 0 Å². The summed E-state index contributed by atoms with van der Waals surface area (Å²) in [6.45, 7) is 2.42. The van der Waals surface area contributed by atoms with E-state index in [0.717, 1.165) is 12.8 Å². The zero-order chi connectivity index (χ0) is 17.7. The lowest BCUT2D eigenvalue weighted by molar-refractivity contribution is -0.174. The number of fused-ring (bicyclic) bond motifs is 3. The summed E-state index contributed by atoms with van der Waals surface area (Å²) >= 11 is 0. The predicted octanol–water partition coefficient (Wildman–Crippen LogP) is 2.95. The fraction of sp³-hybridized carbons (Fsp3) is 0.682. The zero-order valence-electron chi connectivity index (χ0n) is 15.8. The molecule has 3 spiro atoms. The number of carbonyl (C=O) groups is 1. The van der Waals surface area contributed by atoms with Crippen molar-refractivity contribution in [3.63, 3.8) is 0 Å². The minimum absolute atomic E-state index is 0.00653. The van der Waals surface area contributed by atoms with Crippen molar-refractivity contribution in [3.8, 4) is 0 Å². The molecule has 4 nitrogen and oxygen atoms in total. The standard InChI is InChI=1S/C22H28N2O2/c1-23-17-7-4-3-6-15(17)21-11-13-24-12-5-8-20(19(21)24)9-10-22(21,23)16(14-20)18(25)26-2/h3-4,6-7,16,19H,5,8-14H2,1-2H3. The highest BCUT2D eigenvalue weighted by atomic mass is 16.5. The second-order valence-corrected chi connectivity index (χ2v) is 9.41. The maximum Gasteiger partial charge on any atom is 0.311 e. The largest absolute Gasteiger partial charge is 0.469 e. The SMILES string of the molecule is COC(=O)C1CC23CCCN4CCC5(c6ccccc6N(C)C15CC2)C43. The molecule has 0 N–H and O–H groups in total. The van der Waals surface area contributed by atoms with Crippen LogP contribution in [0.4, 0.5) is 5.69 Å².